The molecule has 0 saturated carbocycles. The van der Waals surface area contributed by atoms with Gasteiger partial charge < -0.3 is 9.47 Å². The van der Waals surface area contributed by atoms with Crippen LogP contribution >= 0.6 is 0 Å². The first-order chi connectivity index (χ1) is 8.70. The van der Waals surface area contributed by atoms with Crippen molar-refractivity contribution < 1.29 is 32.2 Å². The summed E-state index contributed by atoms with van der Waals surface area (Å²) in [5.41, 5.74) is -0.770. The monoisotopic (exact) mass is 276 g/mol. The number of esters is 2. The Morgan fingerprint density at radius 2 is 1.79 bits per heavy atom. The topological polar surface area (TPSA) is 52.6 Å². The van der Waals surface area contributed by atoms with Crippen LogP contribution in [0, 0.1) is 0 Å². The lowest BCUT2D eigenvalue weighted by Crippen LogP contribution is -2.10. The third-order valence-electron chi connectivity index (χ3n) is 2.08. The molecule has 0 saturated heterocycles. The smallest absolute Gasteiger partial charge is 0.416 e. The lowest BCUT2D eigenvalue weighted by atomic mass is 10.1. The maximum absolute atomic E-state index is 12.5. The van der Waals surface area contributed by atoms with Crippen LogP contribution in [-0.2, 0) is 27.1 Å². The maximum Gasteiger partial charge on any atom is 0.416 e. The molecule has 0 spiro atoms. The molecule has 0 aliphatic heterocycles. The van der Waals surface area contributed by atoms with Gasteiger partial charge in [-0.3, -0.25) is 9.59 Å². The van der Waals surface area contributed by atoms with Crippen molar-refractivity contribution in [1.29, 1.82) is 0 Å². The summed E-state index contributed by atoms with van der Waals surface area (Å²) in [6, 6.07) is 2.62. The van der Waals surface area contributed by atoms with E-state index in [1.165, 1.54) is 0 Å². The molecule has 0 amide bonds. The normalized spacial score (nSPS) is 11.0. The predicted molar refractivity (Wildman–Crippen MR) is 58.2 cm³/mol. The zero-order valence-corrected chi connectivity index (χ0v) is 10.2. The minimum atomic E-state index is -4.55. The molecule has 19 heavy (non-hydrogen) atoms. The van der Waals surface area contributed by atoms with Gasteiger partial charge in [0.15, 0.2) is 0 Å². The number of ether oxygens (including phenoxy) is 2. The van der Waals surface area contributed by atoms with E-state index in [0.29, 0.717) is 6.07 Å². The summed E-state index contributed by atoms with van der Waals surface area (Å²) in [7, 11) is 0. The van der Waals surface area contributed by atoms with Crippen LogP contribution in [0.25, 0.3) is 0 Å². The molecule has 1 aromatic rings. The number of carbonyl (C=O) groups excluding carboxylic acids is 2. The second-order valence-electron chi connectivity index (χ2n) is 3.69. The van der Waals surface area contributed by atoms with Gasteiger partial charge in [0.1, 0.15) is 12.4 Å². The van der Waals surface area contributed by atoms with Crippen LogP contribution in [0.1, 0.15) is 25.0 Å². The first-order valence-electron chi connectivity index (χ1n) is 5.22. The SMILES string of the molecule is CC(=O)OCc1ccc(C(F)(F)F)cc1OC(C)=O. The van der Waals surface area contributed by atoms with Gasteiger partial charge in [0.05, 0.1) is 5.56 Å². The Balaban J connectivity index is 3.09. The van der Waals surface area contributed by atoms with Gasteiger partial charge in [0.25, 0.3) is 0 Å². The highest BCUT2D eigenvalue weighted by Crippen LogP contribution is 2.33. The Morgan fingerprint density at radius 1 is 1.16 bits per heavy atom. The molecule has 1 aromatic carbocycles. The van der Waals surface area contributed by atoms with E-state index < -0.39 is 23.7 Å². The molecule has 4 nitrogen and oxygen atoms in total. The Morgan fingerprint density at radius 3 is 2.26 bits per heavy atom. The Kier molecular flexibility index (Phi) is 4.52. The molecule has 104 valence electrons. The van der Waals surface area contributed by atoms with E-state index in [-0.39, 0.29) is 17.9 Å². The molecule has 0 unspecified atom stereocenters. The minimum absolute atomic E-state index is 0.179. The lowest BCUT2D eigenvalue weighted by Gasteiger charge is -2.12. The third kappa shape index (κ3) is 4.61. The van der Waals surface area contributed by atoms with Gasteiger partial charge in [-0.1, -0.05) is 6.07 Å². The highest BCUT2D eigenvalue weighted by Gasteiger charge is 2.31. The summed E-state index contributed by atoms with van der Waals surface area (Å²) >= 11 is 0. The highest BCUT2D eigenvalue weighted by molar-refractivity contribution is 5.70. The second-order valence-corrected chi connectivity index (χ2v) is 3.69. The molecule has 0 aromatic heterocycles. The van der Waals surface area contributed by atoms with E-state index in [9.17, 15) is 22.8 Å². The Hall–Kier alpha value is -2.05. The van der Waals surface area contributed by atoms with E-state index >= 15 is 0 Å². The van der Waals surface area contributed by atoms with Crippen molar-refractivity contribution in [2.24, 2.45) is 0 Å². The average molecular weight is 276 g/mol. The summed E-state index contributed by atoms with van der Waals surface area (Å²) in [6.45, 7) is 1.96. The van der Waals surface area contributed by atoms with Crippen molar-refractivity contribution in [2.75, 3.05) is 0 Å². The lowest BCUT2D eigenvalue weighted by molar-refractivity contribution is -0.142. The number of benzene rings is 1. The van der Waals surface area contributed by atoms with Crippen molar-refractivity contribution in [3.8, 4) is 5.75 Å². The van der Waals surface area contributed by atoms with Crippen molar-refractivity contribution in [2.45, 2.75) is 26.6 Å². The van der Waals surface area contributed by atoms with Crippen molar-refractivity contribution in [3.63, 3.8) is 0 Å². The summed E-state index contributed by atoms with van der Waals surface area (Å²) in [5, 5.41) is 0. The zero-order chi connectivity index (χ0) is 14.6. The molecule has 0 bridgehead atoms. The number of carbonyl (C=O) groups is 2. The van der Waals surface area contributed by atoms with Crippen LogP contribution in [0.3, 0.4) is 0 Å². The first kappa shape index (κ1) is 15.0. The fourth-order valence-corrected chi connectivity index (χ4v) is 1.28. The molecule has 1 rings (SSSR count). The number of halogens is 3. The van der Waals surface area contributed by atoms with Gasteiger partial charge in [-0.2, -0.15) is 13.2 Å². The summed E-state index contributed by atoms with van der Waals surface area (Å²) in [5.74, 6) is -1.62. The van der Waals surface area contributed by atoms with E-state index in [1.807, 2.05) is 0 Å². The van der Waals surface area contributed by atoms with E-state index in [4.69, 9.17) is 0 Å². The van der Waals surface area contributed by atoms with Crippen LogP contribution in [0.2, 0.25) is 0 Å². The van der Waals surface area contributed by atoms with Crippen LogP contribution in [0.15, 0.2) is 18.2 Å². The third-order valence-corrected chi connectivity index (χ3v) is 2.08. The van der Waals surface area contributed by atoms with Gasteiger partial charge in [0, 0.05) is 19.4 Å². The largest absolute Gasteiger partial charge is 0.461 e. The molecule has 7 heteroatoms. The fraction of sp³-hybridized carbons (Fsp3) is 0.333. The van der Waals surface area contributed by atoms with Crippen LogP contribution in [-0.4, -0.2) is 11.9 Å². The quantitative estimate of drug-likeness (QED) is 0.629. The molecular weight excluding hydrogens is 265 g/mol. The number of hydrogen-bond donors (Lipinski definition) is 0. The zero-order valence-electron chi connectivity index (χ0n) is 10.2. The summed E-state index contributed by atoms with van der Waals surface area (Å²) in [4.78, 5) is 21.5. The Bertz CT molecular complexity index is 494. The molecule has 0 heterocycles. The molecule has 0 aliphatic carbocycles. The van der Waals surface area contributed by atoms with Crippen molar-refractivity contribution >= 4 is 11.9 Å². The standard InChI is InChI=1S/C12H11F3O4/c1-7(16)18-6-9-3-4-10(12(13,14)15)5-11(9)19-8(2)17/h3-5H,6H2,1-2H3. The van der Waals surface area contributed by atoms with E-state index in [1.54, 1.807) is 0 Å². The van der Waals surface area contributed by atoms with Crippen molar-refractivity contribution in [1.82, 2.24) is 0 Å². The fourth-order valence-electron chi connectivity index (χ4n) is 1.28. The van der Waals surface area contributed by atoms with Crippen LogP contribution in [0.5, 0.6) is 5.75 Å². The Labute approximate surface area is 107 Å². The van der Waals surface area contributed by atoms with E-state index in [2.05, 4.69) is 9.47 Å². The molecule has 0 atom stereocenters. The second kappa shape index (κ2) is 5.73. The summed E-state index contributed by atoms with van der Waals surface area (Å²) in [6.07, 6.45) is -4.55. The predicted octanol–water partition coefficient (Wildman–Crippen LogP) is 2.69. The van der Waals surface area contributed by atoms with Crippen LogP contribution < -0.4 is 4.74 Å². The minimum Gasteiger partial charge on any atom is -0.461 e. The van der Waals surface area contributed by atoms with Crippen molar-refractivity contribution in [3.05, 3.63) is 29.3 Å². The molecule has 0 aliphatic rings. The number of hydrogen-bond acceptors (Lipinski definition) is 4. The first-order valence-corrected chi connectivity index (χ1v) is 5.22. The van der Waals surface area contributed by atoms with Gasteiger partial charge in [-0.15, -0.1) is 0 Å². The number of alkyl halides is 3. The number of rotatable bonds is 3. The van der Waals surface area contributed by atoms with Gasteiger partial charge in [-0.05, 0) is 12.1 Å². The average Bonchev–Trinajstić information content (AvgIpc) is 2.25. The van der Waals surface area contributed by atoms with Crippen LogP contribution in [0.4, 0.5) is 13.2 Å². The summed E-state index contributed by atoms with van der Waals surface area (Å²) < 4.78 is 46.9. The molecule has 0 radical (unpaired) electrons. The van der Waals surface area contributed by atoms with Gasteiger partial charge in [-0.25, -0.2) is 0 Å². The van der Waals surface area contributed by atoms with Gasteiger partial charge >= 0.3 is 18.1 Å². The maximum atomic E-state index is 12.5. The van der Waals surface area contributed by atoms with Gasteiger partial charge in [0.2, 0.25) is 0 Å². The highest BCUT2D eigenvalue weighted by atomic mass is 19.4. The molecule has 0 fully saturated rings. The van der Waals surface area contributed by atoms with E-state index in [0.717, 1.165) is 26.0 Å². The molecule has 0 N–H and O–H groups in total. The molecular formula is C12H11F3O4.